The van der Waals surface area contributed by atoms with Gasteiger partial charge in [-0.2, -0.15) is 0 Å². The first-order valence-electron chi connectivity index (χ1n) is 6.87. The second-order valence-electron chi connectivity index (χ2n) is 5.28. The van der Waals surface area contributed by atoms with Crippen LogP contribution in [-0.4, -0.2) is 29.6 Å². The van der Waals surface area contributed by atoms with E-state index in [1.54, 1.807) is 6.92 Å². The Balaban J connectivity index is 2.18. The van der Waals surface area contributed by atoms with E-state index in [-0.39, 0.29) is 23.6 Å². The summed E-state index contributed by atoms with van der Waals surface area (Å²) in [7, 11) is 0. The van der Waals surface area contributed by atoms with Gasteiger partial charge in [-0.25, -0.2) is 0 Å². The lowest BCUT2D eigenvalue weighted by Gasteiger charge is -2.25. The van der Waals surface area contributed by atoms with Crippen LogP contribution in [0, 0.1) is 11.8 Å². The molecule has 1 N–H and O–H groups in total. The van der Waals surface area contributed by atoms with Crippen LogP contribution in [0.3, 0.4) is 0 Å². The minimum absolute atomic E-state index is 0.0989. The summed E-state index contributed by atoms with van der Waals surface area (Å²) in [5.74, 6) is -0.289. The number of aliphatic hydroxyl groups is 1. The van der Waals surface area contributed by atoms with Crippen LogP contribution in [0.2, 0.25) is 0 Å². The van der Waals surface area contributed by atoms with Crippen LogP contribution in [0.25, 0.3) is 0 Å². The van der Waals surface area contributed by atoms with E-state index >= 15 is 0 Å². The van der Waals surface area contributed by atoms with E-state index in [1.807, 2.05) is 6.92 Å². The summed E-state index contributed by atoms with van der Waals surface area (Å²) in [6.07, 6.45) is 4.22. The highest BCUT2D eigenvalue weighted by Gasteiger charge is 2.30. The van der Waals surface area contributed by atoms with Crippen molar-refractivity contribution in [1.29, 1.82) is 0 Å². The predicted molar refractivity (Wildman–Crippen MR) is 68.0 cm³/mol. The fourth-order valence-corrected chi connectivity index (χ4v) is 2.26. The average molecular weight is 256 g/mol. The van der Waals surface area contributed by atoms with Crippen molar-refractivity contribution in [2.45, 2.75) is 58.5 Å². The molecule has 0 amide bonds. The second-order valence-corrected chi connectivity index (χ2v) is 5.28. The minimum Gasteiger partial charge on any atom is -0.465 e. The molecule has 1 aliphatic heterocycles. The van der Waals surface area contributed by atoms with Gasteiger partial charge < -0.3 is 9.84 Å². The number of carbonyl (C=O) groups excluding carboxylic acids is 2. The second kappa shape index (κ2) is 7.52. The largest absolute Gasteiger partial charge is 0.465 e. The van der Waals surface area contributed by atoms with E-state index in [9.17, 15) is 14.7 Å². The summed E-state index contributed by atoms with van der Waals surface area (Å²) < 4.78 is 4.94. The van der Waals surface area contributed by atoms with Crippen molar-refractivity contribution in [3.8, 4) is 0 Å². The molecule has 4 nitrogen and oxygen atoms in total. The molecular formula is C14H24O4. The minimum atomic E-state index is -0.592. The molecule has 0 aromatic rings. The number of Topliss-reactive ketones (excluding diaryl/α,β-unsaturated/α-hetero) is 1. The topological polar surface area (TPSA) is 63.6 Å². The third kappa shape index (κ3) is 4.77. The van der Waals surface area contributed by atoms with Crippen molar-refractivity contribution < 1.29 is 19.4 Å². The first kappa shape index (κ1) is 15.2. The van der Waals surface area contributed by atoms with Gasteiger partial charge in [0.1, 0.15) is 5.78 Å². The first-order valence-corrected chi connectivity index (χ1v) is 6.87. The van der Waals surface area contributed by atoms with Crippen LogP contribution < -0.4 is 0 Å². The average Bonchev–Trinajstić information content (AvgIpc) is 2.34. The number of hydrogen-bond donors (Lipinski definition) is 1. The van der Waals surface area contributed by atoms with Crippen molar-refractivity contribution in [3.05, 3.63) is 0 Å². The highest BCUT2D eigenvalue weighted by molar-refractivity contribution is 5.77. The molecule has 1 aliphatic rings. The molecule has 3 unspecified atom stereocenters. The lowest BCUT2D eigenvalue weighted by Crippen LogP contribution is -2.33. The molecule has 0 aromatic heterocycles. The van der Waals surface area contributed by atoms with E-state index in [2.05, 4.69) is 0 Å². The number of ketones is 1. The summed E-state index contributed by atoms with van der Waals surface area (Å²) in [6.45, 7) is 4.02. The molecule has 1 rings (SSSR count). The van der Waals surface area contributed by atoms with Gasteiger partial charge in [-0.05, 0) is 32.6 Å². The number of ether oxygens (including phenoxy) is 1. The fraction of sp³-hybridized carbons (Fsp3) is 0.857. The Bertz CT molecular complexity index is 288. The standard InChI is InChI=1S/C14H24O4/c1-10(11(2)15)6-3-4-8-13(16)12-7-5-9-18-14(12)17/h10,12-13,16H,3-9H2,1-2H3. The van der Waals surface area contributed by atoms with Crippen LogP contribution >= 0.6 is 0 Å². The monoisotopic (exact) mass is 256 g/mol. The molecule has 18 heavy (non-hydrogen) atoms. The molecule has 3 atom stereocenters. The Morgan fingerprint density at radius 2 is 2.11 bits per heavy atom. The summed E-state index contributed by atoms with van der Waals surface area (Å²) in [6, 6.07) is 0. The van der Waals surface area contributed by atoms with Crippen LogP contribution in [0.4, 0.5) is 0 Å². The molecule has 4 heteroatoms. The molecule has 1 heterocycles. The normalized spacial score (nSPS) is 23.3. The third-order valence-corrected chi connectivity index (χ3v) is 3.75. The summed E-state index contributed by atoms with van der Waals surface area (Å²) in [4.78, 5) is 22.5. The Kier molecular flexibility index (Phi) is 6.33. The number of aliphatic hydroxyl groups excluding tert-OH is 1. The lowest BCUT2D eigenvalue weighted by atomic mass is 9.91. The SMILES string of the molecule is CC(=O)C(C)CCCCC(O)C1CCCOC1=O. The number of esters is 1. The summed E-state index contributed by atoms with van der Waals surface area (Å²) >= 11 is 0. The zero-order chi connectivity index (χ0) is 13.5. The van der Waals surface area contributed by atoms with Crippen LogP contribution in [0.1, 0.15) is 52.4 Å². The van der Waals surface area contributed by atoms with Gasteiger partial charge in [0.2, 0.25) is 0 Å². The van der Waals surface area contributed by atoms with Gasteiger partial charge in [-0.15, -0.1) is 0 Å². The van der Waals surface area contributed by atoms with Gasteiger partial charge in [0.25, 0.3) is 0 Å². The van der Waals surface area contributed by atoms with E-state index < -0.39 is 6.10 Å². The Labute approximate surface area is 109 Å². The summed E-state index contributed by atoms with van der Waals surface area (Å²) in [5, 5.41) is 9.95. The van der Waals surface area contributed by atoms with Crippen molar-refractivity contribution in [3.63, 3.8) is 0 Å². The van der Waals surface area contributed by atoms with Crippen molar-refractivity contribution in [2.75, 3.05) is 6.61 Å². The van der Waals surface area contributed by atoms with Gasteiger partial charge in [0.15, 0.2) is 0 Å². The predicted octanol–water partition coefficient (Wildman–Crippen LogP) is 2.09. The summed E-state index contributed by atoms with van der Waals surface area (Å²) in [5.41, 5.74) is 0. The van der Waals surface area contributed by atoms with Crippen LogP contribution in [0.5, 0.6) is 0 Å². The number of unbranched alkanes of at least 4 members (excludes halogenated alkanes) is 1. The Morgan fingerprint density at radius 1 is 1.44 bits per heavy atom. The van der Waals surface area contributed by atoms with E-state index in [4.69, 9.17) is 4.74 Å². The maximum Gasteiger partial charge on any atom is 0.311 e. The van der Waals surface area contributed by atoms with Gasteiger partial charge in [0.05, 0.1) is 18.6 Å². The molecule has 1 saturated heterocycles. The molecule has 0 bridgehead atoms. The Morgan fingerprint density at radius 3 is 2.72 bits per heavy atom. The van der Waals surface area contributed by atoms with Crippen LogP contribution in [0.15, 0.2) is 0 Å². The van der Waals surface area contributed by atoms with Gasteiger partial charge in [-0.3, -0.25) is 9.59 Å². The van der Waals surface area contributed by atoms with E-state index in [0.717, 1.165) is 32.1 Å². The van der Waals surface area contributed by atoms with E-state index in [0.29, 0.717) is 13.0 Å². The molecule has 1 fully saturated rings. The quantitative estimate of drug-likeness (QED) is 0.559. The third-order valence-electron chi connectivity index (χ3n) is 3.75. The highest BCUT2D eigenvalue weighted by Crippen LogP contribution is 2.22. The molecule has 0 aromatic carbocycles. The van der Waals surface area contributed by atoms with Crippen molar-refractivity contribution >= 4 is 11.8 Å². The van der Waals surface area contributed by atoms with Gasteiger partial charge in [-0.1, -0.05) is 19.8 Å². The highest BCUT2D eigenvalue weighted by atomic mass is 16.5. The Hall–Kier alpha value is -0.900. The smallest absolute Gasteiger partial charge is 0.311 e. The fourth-order valence-electron chi connectivity index (χ4n) is 2.26. The van der Waals surface area contributed by atoms with Gasteiger partial charge in [0, 0.05) is 5.92 Å². The molecule has 0 spiro atoms. The number of cyclic esters (lactones) is 1. The number of rotatable bonds is 7. The van der Waals surface area contributed by atoms with Crippen LogP contribution in [-0.2, 0) is 14.3 Å². The maximum atomic E-state index is 11.4. The maximum absolute atomic E-state index is 11.4. The molecule has 0 aliphatic carbocycles. The zero-order valence-corrected chi connectivity index (χ0v) is 11.4. The van der Waals surface area contributed by atoms with Crippen molar-refractivity contribution in [1.82, 2.24) is 0 Å². The number of carbonyl (C=O) groups is 2. The number of hydrogen-bond acceptors (Lipinski definition) is 4. The van der Waals surface area contributed by atoms with E-state index in [1.165, 1.54) is 0 Å². The molecule has 104 valence electrons. The van der Waals surface area contributed by atoms with Gasteiger partial charge >= 0.3 is 5.97 Å². The van der Waals surface area contributed by atoms with Crippen molar-refractivity contribution in [2.24, 2.45) is 11.8 Å². The zero-order valence-electron chi connectivity index (χ0n) is 11.4. The molecule has 0 radical (unpaired) electrons. The molecular weight excluding hydrogens is 232 g/mol. The lowest BCUT2D eigenvalue weighted by molar-refractivity contribution is -0.157. The molecule has 0 saturated carbocycles. The first-order chi connectivity index (χ1) is 8.52.